The molecule has 0 atom stereocenters. The summed E-state index contributed by atoms with van der Waals surface area (Å²) in [6, 6.07) is 6.39. The molecule has 0 unspecified atom stereocenters. The smallest absolute Gasteiger partial charge is 0.410 e. The summed E-state index contributed by atoms with van der Waals surface area (Å²) in [5.41, 5.74) is 0.148. The molecule has 1 aromatic heterocycles. The van der Waals surface area contributed by atoms with E-state index >= 15 is 0 Å². The Morgan fingerprint density at radius 3 is 2.68 bits per heavy atom. The van der Waals surface area contributed by atoms with Gasteiger partial charge in [0.05, 0.1) is 0 Å². The lowest BCUT2D eigenvalue weighted by atomic mass is 10.1. The third-order valence-corrected chi connectivity index (χ3v) is 4.02. The van der Waals surface area contributed by atoms with Crippen LogP contribution in [0.1, 0.15) is 33.6 Å². The van der Waals surface area contributed by atoms with Crippen molar-refractivity contribution in [3.05, 3.63) is 36.3 Å². The molecular formula is C19H23FN2O3. The number of aromatic nitrogens is 1. The van der Waals surface area contributed by atoms with Crippen molar-refractivity contribution in [2.75, 3.05) is 13.1 Å². The lowest BCUT2D eigenvalue weighted by molar-refractivity contribution is 0.0127. The van der Waals surface area contributed by atoms with Gasteiger partial charge in [-0.3, -0.25) is 4.98 Å². The fourth-order valence-corrected chi connectivity index (χ4v) is 2.88. The molecule has 0 spiro atoms. The Morgan fingerprint density at radius 2 is 2.00 bits per heavy atom. The minimum Gasteiger partial charge on any atom is -0.488 e. The fourth-order valence-electron chi connectivity index (χ4n) is 2.88. The Bertz CT molecular complexity index is 765. The second-order valence-corrected chi connectivity index (χ2v) is 7.26. The van der Waals surface area contributed by atoms with Crippen LogP contribution in [0.15, 0.2) is 30.5 Å². The van der Waals surface area contributed by atoms with E-state index in [0.29, 0.717) is 42.6 Å². The Kier molecular flexibility index (Phi) is 4.79. The second-order valence-electron chi connectivity index (χ2n) is 7.26. The van der Waals surface area contributed by atoms with Gasteiger partial charge >= 0.3 is 6.09 Å². The van der Waals surface area contributed by atoms with Crippen LogP contribution in [0.2, 0.25) is 0 Å². The van der Waals surface area contributed by atoms with Gasteiger partial charge in [-0.15, -0.1) is 0 Å². The first-order valence-corrected chi connectivity index (χ1v) is 8.51. The maximum absolute atomic E-state index is 13.8. The van der Waals surface area contributed by atoms with Gasteiger partial charge in [-0.1, -0.05) is 6.07 Å². The van der Waals surface area contributed by atoms with Crippen LogP contribution in [0.4, 0.5) is 9.18 Å². The van der Waals surface area contributed by atoms with E-state index in [2.05, 4.69) is 4.98 Å². The summed E-state index contributed by atoms with van der Waals surface area (Å²) in [4.78, 5) is 18.1. The van der Waals surface area contributed by atoms with Crippen molar-refractivity contribution in [2.45, 2.75) is 45.3 Å². The van der Waals surface area contributed by atoms with Gasteiger partial charge in [-0.2, -0.15) is 0 Å². The van der Waals surface area contributed by atoms with E-state index in [4.69, 9.17) is 9.47 Å². The zero-order valence-electron chi connectivity index (χ0n) is 14.8. The van der Waals surface area contributed by atoms with Crippen LogP contribution in [0.5, 0.6) is 5.75 Å². The molecule has 1 aliphatic rings. The van der Waals surface area contributed by atoms with Crippen molar-refractivity contribution in [1.29, 1.82) is 0 Å². The van der Waals surface area contributed by atoms with E-state index in [1.165, 1.54) is 12.1 Å². The molecule has 0 saturated carbocycles. The van der Waals surface area contributed by atoms with Gasteiger partial charge in [-0.05, 0) is 32.9 Å². The Morgan fingerprint density at radius 1 is 1.28 bits per heavy atom. The number of nitrogens with zero attached hydrogens (tertiary/aromatic N) is 2. The highest BCUT2D eigenvalue weighted by Gasteiger charge is 2.28. The lowest BCUT2D eigenvalue weighted by Crippen LogP contribution is -2.44. The van der Waals surface area contributed by atoms with Crippen LogP contribution in [0, 0.1) is 5.82 Å². The Labute approximate surface area is 146 Å². The number of halogens is 1. The molecule has 1 aliphatic heterocycles. The van der Waals surface area contributed by atoms with E-state index in [0.717, 1.165) is 0 Å². The molecule has 0 aliphatic carbocycles. The van der Waals surface area contributed by atoms with Gasteiger partial charge < -0.3 is 14.4 Å². The zero-order valence-corrected chi connectivity index (χ0v) is 14.8. The summed E-state index contributed by atoms with van der Waals surface area (Å²) in [5.74, 6) is 0.105. The molecule has 3 rings (SSSR count). The van der Waals surface area contributed by atoms with Gasteiger partial charge in [-0.25, -0.2) is 9.18 Å². The van der Waals surface area contributed by atoms with Crippen molar-refractivity contribution < 1.29 is 18.7 Å². The molecule has 2 aromatic rings. The number of hydrogen-bond acceptors (Lipinski definition) is 4. The summed E-state index contributed by atoms with van der Waals surface area (Å²) in [6.45, 7) is 6.66. The monoisotopic (exact) mass is 346 g/mol. The van der Waals surface area contributed by atoms with E-state index < -0.39 is 5.60 Å². The molecule has 0 bridgehead atoms. The minimum atomic E-state index is -0.503. The summed E-state index contributed by atoms with van der Waals surface area (Å²) in [5, 5.41) is 0.712. The summed E-state index contributed by atoms with van der Waals surface area (Å²) < 4.78 is 25.2. The molecule has 2 heterocycles. The van der Waals surface area contributed by atoms with Crippen LogP contribution < -0.4 is 4.74 Å². The summed E-state index contributed by atoms with van der Waals surface area (Å²) in [7, 11) is 0. The SMILES string of the molecule is CC(C)(C)OC(=O)N1CCC(Oc2cc(F)cc3cccnc23)CC1. The Balaban J connectivity index is 1.64. The first-order chi connectivity index (χ1) is 11.8. The van der Waals surface area contributed by atoms with E-state index in [1.807, 2.05) is 26.8 Å². The predicted octanol–water partition coefficient (Wildman–Crippen LogP) is 4.15. The number of fused-ring (bicyclic) bond motifs is 1. The van der Waals surface area contributed by atoms with Crippen LogP contribution in [-0.4, -0.2) is 40.8 Å². The van der Waals surface area contributed by atoms with Crippen LogP contribution in [0.25, 0.3) is 10.9 Å². The highest BCUT2D eigenvalue weighted by molar-refractivity contribution is 5.84. The number of carbonyl (C=O) groups is 1. The topological polar surface area (TPSA) is 51.7 Å². The number of ether oxygens (including phenoxy) is 2. The average Bonchev–Trinajstić information content (AvgIpc) is 2.53. The molecule has 1 amide bonds. The number of likely N-dealkylation sites (tertiary alicyclic amines) is 1. The van der Waals surface area contributed by atoms with Crippen LogP contribution in [0.3, 0.4) is 0 Å². The average molecular weight is 346 g/mol. The number of pyridine rings is 1. The zero-order chi connectivity index (χ0) is 18.0. The van der Waals surface area contributed by atoms with Gasteiger partial charge in [0.2, 0.25) is 0 Å². The minimum absolute atomic E-state index is 0.0781. The van der Waals surface area contributed by atoms with Crippen LogP contribution in [-0.2, 0) is 4.74 Å². The largest absolute Gasteiger partial charge is 0.488 e. The van der Waals surface area contributed by atoms with Crippen molar-refractivity contribution in [2.24, 2.45) is 0 Å². The van der Waals surface area contributed by atoms with E-state index in [-0.39, 0.29) is 18.0 Å². The highest BCUT2D eigenvalue weighted by Crippen LogP contribution is 2.28. The molecule has 1 fully saturated rings. The standard InChI is InChI=1S/C19H23FN2O3/c1-19(2,3)25-18(23)22-9-6-15(7-10-22)24-16-12-14(20)11-13-5-4-8-21-17(13)16/h4-5,8,11-12,15H,6-7,9-10H2,1-3H3. The first kappa shape index (κ1) is 17.5. The molecule has 134 valence electrons. The third-order valence-electron chi connectivity index (χ3n) is 4.02. The van der Waals surface area contributed by atoms with E-state index in [9.17, 15) is 9.18 Å². The molecule has 1 saturated heterocycles. The number of benzene rings is 1. The van der Waals surface area contributed by atoms with Gasteiger partial charge in [0.25, 0.3) is 0 Å². The van der Waals surface area contributed by atoms with Crippen molar-refractivity contribution in [1.82, 2.24) is 9.88 Å². The summed E-state index contributed by atoms with van der Waals surface area (Å²) >= 11 is 0. The number of hydrogen-bond donors (Lipinski definition) is 0. The fraction of sp³-hybridized carbons (Fsp3) is 0.474. The molecule has 6 heteroatoms. The molecular weight excluding hydrogens is 323 g/mol. The van der Waals surface area contributed by atoms with Crippen molar-refractivity contribution in [3.63, 3.8) is 0 Å². The van der Waals surface area contributed by atoms with Gasteiger partial charge in [0, 0.05) is 43.6 Å². The number of piperidine rings is 1. The molecule has 0 radical (unpaired) electrons. The van der Waals surface area contributed by atoms with Crippen molar-refractivity contribution in [3.8, 4) is 5.75 Å². The van der Waals surface area contributed by atoms with Gasteiger partial charge in [0.15, 0.2) is 0 Å². The number of rotatable bonds is 2. The molecule has 25 heavy (non-hydrogen) atoms. The number of carbonyl (C=O) groups excluding carboxylic acids is 1. The summed E-state index contributed by atoms with van der Waals surface area (Å²) in [6.07, 6.45) is 2.63. The third kappa shape index (κ3) is 4.38. The maximum Gasteiger partial charge on any atom is 0.410 e. The Hall–Kier alpha value is -2.37. The van der Waals surface area contributed by atoms with Crippen molar-refractivity contribution >= 4 is 17.0 Å². The van der Waals surface area contributed by atoms with Crippen LogP contribution >= 0.6 is 0 Å². The van der Waals surface area contributed by atoms with E-state index in [1.54, 1.807) is 17.2 Å². The first-order valence-electron chi connectivity index (χ1n) is 8.51. The number of amides is 1. The second kappa shape index (κ2) is 6.86. The molecule has 5 nitrogen and oxygen atoms in total. The lowest BCUT2D eigenvalue weighted by Gasteiger charge is -2.33. The predicted molar refractivity (Wildman–Crippen MR) is 93.2 cm³/mol. The highest BCUT2D eigenvalue weighted by atomic mass is 19.1. The molecule has 0 N–H and O–H groups in total. The van der Waals surface area contributed by atoms with Gasteiger partial charge in [0.1, 0.15) is 28.8 Å². The maximum atomic E-state index is 13.8. The quantitative estimate of drug-likeness (QED) is 0.820. The normalized spacial score (nSPS) is 16.1. The molecule has 1 aromatic carbocycles.